The van der Waals surface area contributed by atoms with Crippen LogP contribution >= 0.6 is 0 Å². The molecule has 3 N–H and O–H groups in total. The Labute approximate surface area is 197 Å². The molecule has 2 saturated carbocycles. The molecule has 35 heavy (non-hydrogen) atoms. The Morgan fingerprint density at radius 1 is 1.14 bits per heavy atom. The van der Waals surface area contributed by atoms with E-state index in [9.17, 15) is 18.0 Å². The maximum absolute atomic E-state index is 13.1. The van der Waals surface area contributed by atoms with E-state index in [1.165, 1.54) is 17.7 Å². The predicted octanol–water partition coefficient (Wildman–Crippen LogP) is 4.80. The van der Waals surface area contributed by atoms with Crippen molar-refractivity contribution in [2.45, 2.75) is 43.3 Å². The van der Waals surface area contributed by atoms with E-state index in [0.29, 0.717) is 23.3 Å². The molecule has 0 aliphatic heterocycles. The van der Waals surface area contributed by atoms with Crippen LogP contribution in [0.2, 0.25) is 0 Å². The molecule has 2 aliphatic carbocycles. The van der Waals surface area contributed by atoms with Gasteiger partial charge in [0.05, 0.1) is 11.7 Å². The van der Waals surface area contributed by atoms with Crippen LogP contribution in [-0.4, -0.2) is 42.6 Å². The Kier molecular flexibility index (Phi) is 4.67. The summed E-state index contributed by atoms with van der Waals surface area (Å²) in [6.45, 7) is 0. The quantitative estimate of drug-likeness (QED) is 0.367. The summed E-state index contributed by atoms with van der Waals surface area (Å²) < 4.78 is 41.1. The van der Waals surface area contributed by atoms with Crippen molar-refractivity contribution >= 4 is 28.4 Å². The SMILES string of the molecule is Cn1nc(-c2ccc(C(=O)NC3(C(F)(F)F)CC3)cc2)nc1Nc1ccc2[nH]ncc2c1C1CC1. The molecule has 4 aromatic rings. The molecule has 1 amide bonds. The van der Waals surface area contributed by atoms with Crippen molar-refractivity contribution in [3.8, 4) is 11.4 Å². The second-order valence-corrected chi connectivity index (χ2v) is 9.25. The lowest BCUT2D eigenvalue weighted by Gasteiger charge is -2.20. The first-order chi connectivity index (χ1) is 16.7. The number of amides is 1. The minimum absolute atomic E-state index is 0.0933. The molecule has 0 saturated heterocycles. The molecule has 0 bridgehead atoms. The molecule has 2 aromatic carbocycles. The smallest absolute Gasteiger partial charge is 0.338 e. The van der Waals surface area contributed by atoms with Gasteiger partial charge >= 0.3 is 6.18 Å². The van der Waals surface area contributed by atoms with Crippen molar-refractivity contribution in [1.82, 2.24) is 30.3 Å². The molecule has 2 aliphatic rings. The zero-order valence-electron chi connectivity index (χ0n) is 18.8. The van der Waals surface area contributed by atoms with Crippen LogP contribution in [0.25, 0.3) is 22.3 Å². The lowest BCUT2D eigenvalue weighted by molar-refractivity contribution is -0.163. The molecule has 6 rings (SSSR count). The number of benzene rings is 2. The second kappa shape index (κ2) is 7.56. The molecule has 0 radical (unpaired) electrons. The van der Waals surface area contributed by atoms with Gasteiger partial charge in [0.15, 0.2) is 5.82 Å². The fourth-order valence-electron chi connectivity index (χ4n) is 4.36. The first-order valence-electron chi connectivity index (χ1n) is 11.4. The van der Waals surface area contributed by atoms with Crippen molar-refractivity contribution < 1.29 is 18.0 Å². The van der Waals surface area contributed by atoms with Gasteiger partial charge in [-0.05, 0) is 61.4 Å². The number of carbonyl (C=O) groups is 1. The maximum Gasteiger partial charge on any atom is 0.411 e. The summed E-state index contributed by atoms with van der Waals surface area (Å²) in [4.78, 5) is 17.0. The minimum Gasteiger partial charge on any atom is -0.338 e. The number of anilines is 2. The van der Waals surface area contributed by atoms with Crippen LogP contribution in [0.5, 0.6) is 0 Å². The first-order valence-corrected chi connectivity index (χ1v) is 11.4. The summed E-state index contributed by atoms with van der Waals surface area (Å²) in [5.41, 5.74) is 1.86. The Hall–Kier alpha value is -3.89. The normalized spacial score (nSPS) is 16.9. The number of aromatic nitrogens is 5. The number of halogens is 3. The van der Waals surface area contributed by atoms with E-state index < -0.39 is 17.6 Å². The number of hydrogen-bond acceptors (Lipinski definition) is 5. The number of aromatic amines is 1. The van der Waals surface area contributed by atoms with Gasteiger partial charge in [0, 0.05) is 29.2 Å². The number of hydrogen-bond donors (Lipinski definition) is 3. The molecule has 11 heteroatoms. The monoisotopic (exact) mass is 481 g/mol. The fraction of sp³-hybridized carbons (Fsp3) is 0.333. The van der Waals surface area contributed by atoms with Gasteiger partial charge < -0.3 is 10.6 Å². The third-order valence-electron chi connectivity index (χ3n) is 6.71. The van der Waals surface area contributed by atoms with Crippen molar-refractivity contribution in [3.63, 3.8) is 0 Å². The molecule has 2 heterocycles. The number of carbonyl (C=O) groups excluding carboxylic acids is 1. The average Bonchev–Trinajstić information content (AvgIpc) is 3.73. The number of rotatable bonds is 6. The van der Waals surface area contributed by atoms with Gasteiger partial charge in [-0.2, -0.15) is 23.3 Å². The first kappa shape index (κ1) is 21.6. The van der Waals surface area contributed by atoms with E-state index in [2.05, 4.69) is 30.9 Å². The highest BCUT2D eigenvalue weighted by Crippen LogP contribution is 2.49. The van der Waals surface area contributed by atoms with E-state index in [1.807, 2.05) is 18.3 Å². The summed E-state index contributed by atoms with van der Waals surface area (Å²) in [5.74, 6) is 0.725. The van der Waals surface area contributed by atoms with Crippen molar-refractivity contribution in [3.05, 3.63) is 53.7 Å². The molecule has 8 nitrogen and oxygen atoms in total. The van der Waals surface area contributed by atoms with E-state index in [4.69, 9.17) is 0 Å². The Bertz CT molecular complexity index is 1430. The lowest BCUT2D eigenvalue weighted by Crippen LogP contribution is -2.47. The number of fused-ring (bicyclic) bond motifs is 1. The Morgan fingerprint density at radius 3 is 2.54 bits per heavy atom. The fourth-order valence-corrected chi connectivity index (χ4v) is 4.36. The van der Waals surface area contributed by atoms with Gasteiger partial charge in [0.2, 0.25) is 5.95 Å². The number of alkyl halides is 3. The molecule has 180 valence electrons. The van der Waals surface area contributed by atoms with Crippen LogP contribution in [0.4, 0.5) is 24.8 Å². The van der Waals surface area contributed by atoms with E-state index >= 15 is 0 Å². The highest BCUT2D eigenvalue weighted by molar-refractivity contribution is 5.95. The van der Waals surface area contributed by atoms with Gasteiger partial charge in [-0.1, -0.05) is 12.1 Å². The van der Waals surface area contributed by atoms with Crippen molar-refractivity contribution in [1.29, 1.82) is 0 Å². The molecule has 2 fully saturated rings. The maximum atomic E-state index is 13.1. The summed E-state index contributed by atoms with van der Waals surface area (Å²) in [6, 6.07) is 10.2. The Balaban J connectivity index is 1.22. The van der Waals surface area contributed by atoms with Gasteiger partial charge in [0.1, 0.15) is 5.54 Å². The van der Waals surface area contributed by atoms with Crippen molar-refractivity contribution in [2.75, 3.05) is 5.32 Å². The molecule has 2 aromatic heterocycles. The summed E-state index contributed by atoms with van der Waals surface area (Å²) >= 11 is 0. The standard InChI is InChI=1S/C24H22F3N7O/c1-34-22(29-18-9-8-17-16(12-28-32-17)19(18)13-2-3-13)30-20(33-34)14-4-6-15(7-5-14)21(35)31-23(10-11-23)24(25,26)27/h4-9,12-13H,2-3,10-11H2,1H3,(H,28,32)(H,31,35)(H,29,30,33). The third kappa shape index (κ3) is 3.80. The van der Waals surface area contributed by atoms with E-state index in [1.54, 1.807) is 23.9 Å². The Morgan fingerprint density at radius 2 is 1.89 bits per heavy atom. The van der Waals surface area contributed by atoms with Crippen LogP contribution in [0.15, 0.2) is 42.6 Å². The largest absolute Gasteiger partial charge is 0.411 e. The summed E-state index contributed by atoms with van der Waals surface area (Å²) in [5, 5.41) is 18.3. The van der Waals surface area contributed by atoms with Crippen LogP contribution in [0.1, 0.15) is 47.5 Å². The average molecular weight is 481 g/mol. The van der Waals surface area contributed by atoms with Crippen LogP contribution < -0.4 is 10.6 Å². The highest BCUT2D eigenvalue weighted by atomic mass is 19.4. The number of nitrogens with zero attached hydrogens (tertiary/aromatic N) is 4. The zero-order valence-corrected chi connectivity index (χ0v) is 18.8. The van der Waals surface area contributed by atoms with Gasteiger partial charge in [-0.25, -0.2) is 4.68 Å². The minimum atomic E-state index is -4.45. The lowest BCUT2D eigenvalue weighted by atomic mass is 10.0. The third-order valence-corrected chi connectivity index (χ3v) is 6.71. The highest BCUT2D eigenvalue weighted by Gasteiger charge is 2.64. The summed E-state index contributed by atoms with van der Waals surface area (Å²) in [7, 11) is 1.78. The van der Waals surface area contributed by atoms with Crippen LogP contribution in [-0.2, 0) is 7.05 Å². The van der Waals surface area contributed by atoms with Crippen LogP contribution in [0.3, 0.4) is 0 Å². The second-order valence-electron chi connectivity index (χ2n) is 9.25. The number of nitrogens with one attached hydrogen (secondary N) is 3. The summed E-state index contributed by atoms with van der Waals surface area (Å²) in [6.07, 6.45) is -0.535. The molecule has 0 unspecified atom stereocenters. The van der Waals surface area contributed by atoms with E-state index in [-0.39, 0.29) is 18.4 Å². The van der Waals surface area contributed by atoms with Gasteiger partial charge in [-0.15, -0.1) is 5.10 Å². The zero-order chi connectivity index (χ0) is 24.4. The van der Waals surface area contributed by atoms with Gasteiger partial charge in [-0.3, -0.25) is 9.89 Å². The topological polar surface area (TPSA) is 101 Å². The van der Waals surface area contributed by atoms with E-state index in [0.717, 1.165) is 29.4 Å². The van der Waals surface area contributed by atoms with Crippen molar-refractivity contribution in [2.24, 2.45) is 7.05 Å². The van der Waals surface area contributed by atoms with Crippen LogP contribution in [0, 0.1) is 0 Å². The predicted molar refractivity (Wildman–Crippen MR) is 123 cm³/mol. The molecular formula is C24H22F3N7O. The molecule has 0 spiro atoms. The molecule has 0 atom stereocenters. The number of aryl methyl sites for hydroxylation is 1. The molecular weight excluding hydrogens is 459 g/mol. The number of H-pyrrole nitrogens is 1. The van der Waals surface area contributed by atoms with Gasteiger partial charge in [0.25, 0.3) is 5.91 Å².